The van der Waals surface area contributed by atoms with Crippen molar-refractivity contribution in [1.82, 2.24) is 0 Å². The number of hydrogen-bond donors (Lipinski definition) is 1. The smallest absolute Gasteiger partial charge is 0.264 e. The first-order valence-electron chi connectivity index (χ1n) is 9.13. The molecule has 0 unspecified atom stereocenters. The molecule has 0 spiro atoms. The number of carbonyl (C=O) groups is 1. The molecule has 1 heterocycles. The number of carbonyl (C=O) groups excluding carboxylic acids is 1. The van der Waals surface area contributed by atoms with Crippen LogP contribution in [0.5, 0.6) is 0 Å². The summed E-state index contributed by atoms with van der Waals surface area (Å²) >= 11 is 0. The molecule has 0 atom stereocenters. The molecule has 7 heteroatoms. The summed E-state index contributed by atoms with van der Waals surface area (Å²) in [6, 6.07) is 18.6. The van der Waals surface area contributed by atoms with Crippen LogP contribution in [0, 0.1) is 6.92 Å². The number of para-hydroxylation sites is 1. The lowest BCUT2D eigenvalue weighted by Crippen LogP contribution is -2.30. The molecule has 29 heavy (non-hydrogen) atoms. The number of hydrogen-bond acceptors (Lipinski definition) is 4. The Balaban J connectivity index is 1.72. The minimum atomic E-state index is -3.70. The van der Waals surface area contributed by atoms with Crippen LogP contribution in [0.2, 0.25) is 0 Å². The summed E-state index contributed by atoms with van der Waals surface area (Å²) in [6.45, 7) is 3.92. The van der Waals surface area contributed by atoms with Crippen LogP contribution in [0.4, 0.5) is 11.4 Å². The van der Waals surface area contributed by atoms with Gasteiger partial charge in [-0.15, -0.1) is 0 Å². The van der Waals surface area contributed by atoms with E-state index < -0.39 is 10.0 Å². The van der Waals surface area contributed by atoms with E-state index in [1.54, 1.807) is 55.5 Å². The fraction of sp³-hybridized carbons (Fsp3) is 0.136. The van der Waals surface area contributed by atoms with Gasteiger partial charge in [0.2, 0.25) is 5.91 Å². The number of anilines is 2. The van der Waals surface area contributed by atoms with Crippen molar-refractivity contribution in [3.63, 3.8) is 0 Å². The van der Waals surface area contributed by atoms with Gasteiger partial charge in [0.1, 0.15) is 11.5 Å². The third-order valence-electron chi connectivity index (χ3n) is 4.20. The Labute approximate surface area is 170 Å². The van der Waals surface area contributed by atoms with Crippen molar-refractivity contribution in [2.24, 2.45) is 0 Å². The molecule has 0 saturated carbocycles. The predicted octanol–water partition coefficient (Wildman–Crippen LogP) is 4.46. The van der Waals surface area contributed by atoms with Crippen molar-refractivity contribution >= 4 is 33.4 Å². The Bertz CT molecular complexity index is 1100. The molecule has 1 N–H and O–H groups in total. The van der Waals surface area contributed by atoms with Gasteiger partial charge in [0, 0.05) is 18.3 Å². The summed E-state index contributed by atoms with van der Waals surface area (Å²) in [5, 5.41) is 2.70. The molecule has 0 aliphatic heterocycles. The van der Waals surface area contributed by atoms with Gasteiger partial charge in [-0.2, -0.15) is 0 Å². The summed E-state index contributed by atoms with van der Waals surface area (Å²) < 4.78 is 32.7. The predicted molar refractivity (Wildman–Crippen MR) is 114 cm³/mol. The number of amides is 1. The second-order valence-corrected chi connectivity index (χ2v) is 8.16. The molecule has 2 aromatic carbocycles. The molecule has 1 amide bonds. The van der Waals surface area contributed by atoms with Gasteiger partial charge in [0.05, 0.1) is 10.6 Å². The maximum atomic E-state index is 13.0. The fourth-order valence-electron chi connectivity index (χ4n) is 2.81. The van der Waals surface area contributed by atoms with Gasteiger partial charge in [-0.05, 0) is 68.5 Å². The Morgan fingerprint density at radius 2 is 1.72 bits per heavy atom. The number of rotatable bonds is 7. The number of benzene rings is 2. The van der Waals surface area contributed by atoms with Crippen LogP contribution in [0.15, 0.2) is 82.1 Å². The Kier molecular flexibility index (Phi) is 6.19. The molecular weight excluding hydrogens is 388 g/mol. The van der Waals surface area contributed by atoms with Gasteiger partial charge in [-0.25, -0.2) is 8.42 Å². The van der Waals surface area contributed by atoms with E-state index in [0.717, 1.165) is 5.76 Å². The second kappa shape index (κ2) is 8.79. The van der Waals surface area contributed by atoms with E-state index in [4.69, 9.17) is 4.42 Å². The molecule has 0 saturated heterocycles. The van der Waals surface area contributed by atoms with Gasteiger partial charge in [0.15, 0.2) is 0 Å². The van der Waals surface area contributed by atoms with E-state index in [-0.39, 0.29) is 10.8 Å². The first kappa shape index (κ1) is 20.4. The van der Waals surface area contributed by atoms with E-state index in [0.29, 0.717) is 23.7 Å². The summed E-state index contributed by atoms with van der Waals surface area (Å²) in [4.78, 5) is 12.2. The largest absolute Gasteiger partial charge is 0.462 e. The Morgan fingerprint density at radius 3 is 2.31 bits per heavy atom. The monoisotopic (exact) mass is 410 g/mol. The minimum Gasteiger partial charge on any atom is -0.462 e. The van der Waals surface area contributed by atoms with Gasteiger partial charge < -0.3 is 9.73 Å². The summed E-state index contributed by atoms with van der Waals surface area (Å²) in [6.07, 6.45) is 2.93. The third kappa shape index (κ3) is 4.94. The molecule has 6 nitrogen and oxygen atoms in total. The summed E-state index contributed by atoms with van der Waals surface area (Å²) in [7, 11) is -3.70. The molecule has 150 valence electrons. The lowest BCUT2D eigenvalue weighted by Gasteiger charge is -2.23. The van der Waals surface area contributed by atoms with Crippen molar-refractivity contribution in [1.29, 1.82) is 0 Å². The fourth-order valence-corrected chi connectivity index (χ4v) is 4.28. The zero-order valence-corrected chi connectivity index (χ0v) is 17.0. The van der Waals surface area contributed by atoms with Gasteiger partial charge in [-0.3, -0.25) is 9.10 Å². The first-order chi connectivity index (χ1) is 13.9. The number of nitrogens with one attached hydrogen (secondary N) is 1. The Hall–Kier alpha value is -3.32. The normalized spacial score (nSPS) is 11.5. The number of furan rings is 1. The van der Waals surface area contributed by atoms with Crippen LogP contribution in [0.25, 0.3) is 6.08 Å². The van der Waals surface area contributed by atoms with E-state index in [1.165, 1.54) is 22.5 Å². The van der Waals surface area contributed by atoms with Gasteiger partial charge >= 0.3 is 0 Å². The van der Waals surface area contributed by atoms with E-state index in [2.05, 4.69) is 5.32 Å². The van der Waals surface area contributed by atoms with E-state index in [9.17, 15) is 13.2 Å². The van der Waals surface area contributed by atoms with Crippen LogP contribution in [-0.4, -0.2) is 20.9 Å². The van der Waals surface area contributed by atoms with Crippen molar-refractivity contribution in [3.8, 4) is 0 Å². The van der Waals surface area contributed by atoms with E-state index in [1.807, 2.05) is 19.1 Å². The van der Waals surface area contributed by atoms with Gasteiger partial charge in [0.25, 0.3) is 10.0 Å². The Morgan fingerprint density at radius 1 is 1.03 bits per heavy atom. The zero-order valence-electron chi connectivity index (χ0n) is 16.2. The van der Waals surface area contributed by atoms with Crippen molar-refractivity contribution in [3.05, 3.63) is 84.3 Å². The highest BCUT2D eigenvalue weighted by Gasteiger charge is 2.23. The third-order valence-corrected chi connectivity index (χ3v) is 6.12. The lowest BCUT2D eigenvalue weighted by atomic mass is 10.3. The second-order valence-electron chi connectivity index (χ2n) is 6.30. The van der Waals surface area contributed by atoms with Crippen molar-refractivity contribution in [2.75, 3.05) is 16.2 Å². The maximum absolute atomic E-state index is 13.0. The highest BCUT2D eigenvalue weighted by molar-refractivity contribution is 7.92. The molecular formula is C22H22N2O4S. The average molecular weight is 410 g/mol. The summed E-state index contributed by atoms with van der Waals surface area (Å²) in [5.74, 6) is 1.01. The summed E-state index contributed by atoms with van der Waals surface area (Å²) in [5.41, 5.74) is 1.10. The average Bonchev–Trinajstić information content (AvgIpc) is 3.13. The van der Waals surface area contributed by atoms with Crippen LogP contribution in [0.1, 0.15) is 18.4 Å². The quantitative estimate of drug-likeness (QED) is 0.584. The topological polar surface area (TPSA) is 79.6 Å². The molecule has 0 radical (unpaired) electrons. The first-order valence-corrected chi connectivity index (χ1v) is 10.6. The molecule has 1 aromatic heterocycles. The van der Waals surface area contributed by atoms with Gasteiger partial charge in [-0.1, -0.05) is 18.2 Å². The van der Waals surface area contributed by atoms with Crippen LogP contribution in [0.3, 0.4) is 0 Å². The highest BCUT2D eigenvalue weighted by Crippen LogP contribution is 2.24. The van der Waals surface area contributed by atoms with Crippen molar-refractivity contribution in [2.45, 2.75) is 18.7 Å². The molecule has 3 rings (SSSR count). The van der Waals surface area contributed by atoms with Crippen LogP contribution < -0.4 is 9.62 Å². The van der Waals surface area contributed by atoms with Crippen LogP contribution in [-0.2, 0) is 14.8 Å². The molecule has 3 aromatic rings. The highest BCUT2D eigenvalue weighted by atomic mass is 32.2. The number of aryl methyl sites for hydroxylation is 1. The van der Waals surface area contributed by atoms with Crippen molar-refractivity contribution < 1.29 is 17.6 Å². The van der Waals surface area contributed by atoms with Crippen LogP contribution >= 0.6 is 0 Å². The molecule has 0 aliphatic carbocycles. The minimum absolute atomic E-state index is 0.155. The molecule has 0 bridgehead atoms. The zero-order chi connectivity index (χ0) is 20.9. The number of sulfonamides is 1. The SMILES string of the molecule is CCN(c1ccccc1)S(=O)(=O)c1ccc(NC(=O)/C=C/c2ccc(C)o2)cc1. The van der Waals surface area contributed by atoms with E-state index >= 15 is 0 Å². The molecule has 0 fully saturated rings. The number of nitrogens with zero attached hydrogens (tertiary/aromatic N) is 1. The lowest BCUT2D eigenvalue weighted by molar-refractivity contribution is -0.111. The maximum Gasteiger partial charge on any atom is 0.264 e. The molecule has 0 aliphatic rings. The standard InChI is InChI=1S/C22H22N2O4S/c1-3-24(19-7-5-4-6-8-19)29(26,27)21-14-10-18(11-15-21)23-22(25)16-13-20-12-9-17(2)28-20/h4-16H,3H2,1-2H3,(H,23,25)/b16-13+.